The third-order valence-corrected chi connectivity index (χ3v) is 4.38. The molecule has 0 saturated carbocycles. The first-order valence-corrected chi connectivity index (χ1v) is 8.08. The normalized spacial score (nSPS) is 30.9. The Morgan fingerprint density at radius 3 is 2.88 bits per heavy atom. The van der Waals surface area contributed by atoms with Gasteiger partial charge < -0.3 is 14.6 Å². The molecule has 2 aliphatic rings. The van der Waals surface area contributed by atoms with Gasteiger partial charge in [0.2, 0.25) is 0 Å². The van der Waals surface area contributed by atoms with Gasteiger partial charge in [-0.15, -0.1) is 0 Å². The zero-order chi connectivity index (χ0) is 18.6. The maximum absolute atomic E-state index is 12.1. The molecule has 1 aliphatic heterocycles. The van der Waals surface area contributed by atoms with Crippen molar-refractivity contribution in [2.45, 2.75) is 38.4 Å². The zero-order valence-electron chi connectivity index (χ0n) is 14.2. The number of hydrogen-bond donors (Lipinski definition) is 1. The molecule has 0 spiro atoms. The molecule has 0 aromatic heterocycles. The Morgan fingerprint density at radius 2 is 2.24 bits per heavy atom. The van der Waals surface area contributed by atoms with Crippen LogP contribution in [0.3, 0.4) is 0 Å². The van der Waals surface area contributed by atoms with Gasteiger partial charge in [-0.2, -0.15) is 0 Å². The minimum absolute atomic E-state index is 0.110. The van der Waals surface area contributed by atoms with Gasteiger partial charge in [0.05, 0.1) is 18.1 Å². The number of ether oxygens (including phenoxy) is 2. The maximum atomic E-state index is 12.1. The topological polar surface area (TPSA) is 89.9 Å². The van der Waals surface area contributed by atoms with E-state index >= 15 is 0 Å². The summed E-state index contributed by atoms with van der Waals surface area (Å²) in [5.74, 6) is -1.92. The Morgan fingerprint density at radius 1 is 1.52 bits per heavy atom. The van der Waals surface area contributed by atoms with Gasteiger partial charge >= 0.3 is 11.9 Å². The Bertz CT molecular complexity index is 669. The average Bonchev–Trinajstić information content (AvgIpc) is 2.85. The van der Waals surface area contributed by atoms with E-state index in [9.17, 15) is 14.4 Å². The van der Waals surface area contributed by atoms with Crippen molar-refractivity contribution < 1.29 is 29.0 Å². The fourth-order valence-corrected chi connectivity index (χ4v) is 2.99. The predicted molar refractivity (Wildman–Crippen MR) is 90.4 cm³/mol. The molecule has 1 saturated heterocycles. The molecule has 2 rings (SSSR count). The van der Waals surface area contributed by atoms with E-state index in [1.54, 1.807) is 0 Å². The maximum Gasteiger partial charge on any atom is 0.336 e. The van der Waals surface area contributed by atoms with E-state index in [1.807, 2.05) is 13.0 Å². The number of carbonyl (C=O) groups excluding carboxylic acids is 3. The van der Waals surface area contributed by atoms with Gasteiger partial charge in [0, 0.05) is 12.0 Å². The highest BCUT2D eigenvalue weighted by atomic mass is 16.6. The summed E-state index contributed by atoms with van der Waals surface area (Å²) in [7, 11) is 0. The summed E-state index contributed by atoms with van der Waals surface area (Å²) in [4.78, 5) is 35.4. The van der Waals surface area contributed by atoms with Crippen molar-refractivity contribution in [3.05, 3.63) is 47.6 Å². The van der Waals surface area contributed by atoms with E-state index < -0.39 is 36.7 Å². The third-order valence-electron chi connectivity index (χ3n) is 4.38. The zero-order valence-corrected chi connectivity index (χ0v) is 14.2. The second-order valence-corrected chi connectivity index (χ2v) is 6.28. The Balaban J connectivity index is 2.42. The van der Waals surface area contributed by atoms with Gasteiger partial charge in [-0.3, -0.25) is 4.79 Å². The summed E-state index contributed by atoms with van der Waals surface area (Å²) >= 11 is 0. The first-order chi connectivity index (χ1) is 11.9. The minimum atomic E-state index is -0.897. The molecule has 1 fully saturated rings. The van der Waals surface area contributed by atoms with Gasteiger partial charge in [-0.25, -0.2) is 9.59 Å². The third kappa shape index (κ3) is 4.33. The molecule has 6 nitrogen and oxygen atoms in total. The van der Waals surface area contributed by atoms with E-state index in [0.717, 1.165) is 5.57 Å². The lowest BCUT2D eigenvalue weighted by Crippen LogP contribution is -2.33. The molecule has 1 aliphatic carbocycles. The number of allylic oxidation sites excluding steroid dienone is 2. The molecule has 0 amide bonds. The van der Waals surface area contributed by atoms with Gasteiger partial charge in [0.25, 0.3) is 0 Å². The Labute approximate surface area is 146 Å². The van der Waals surface area contributed by atoms with Crippen LogP contribution >= 0.6 is 0 Å². The van der Waals surface area contributed by atoms with Crippen molar-refractivity contribution >= 4 is 18.2 Å². The lowest BCUT2D eigenvalue weighted by molar-refractivity contribution is -0.145. The molecular formula is C19H22O6. The highest BCUT2D eigenvalue weighted by molar-refractivity contribution is 5.92. The van der Waals surface area contributed by atoms with Gasteiger partial charge in [-0.1, -0.05) is 24.8 Å². The summed E-state index contributed by atoms with van der Waals surface area (Å²) < 4.78 is 10.8. The molecule has 134 valence electrons. The summed E-state index contributed by atoms with van der Waals surface area (Å²) in [5, 5.41) is 9.06. The molecule has 0 aromatic rings. The predicted octanol–water partition coefficient (Wildman–Crippen LogP) is 1.80. The van der Waals surface area contributed by atoms with Crippen molar-refractivity contribution in [1.82, 2.24) is 0 Å². The van der Waals surface area contributed by atoms with Crippen molar-refractivity contribution in [3.63, 3.8) is 0 Å². The molecule has 0 radical (unpaired) electrons. The van der Waals surface area contributed by atoms with E-state index in [0.29, 0.717) is 31.1 Å². The number of esters is 2. The first kappa shape index (κ1) is 18.9. The fourth-order valence-electron chi connectivity index (χ4n) is 2.99. The minimum Gasteiger partial charge on any atom is -0.458 e. The highest BCUT2D eigenvalue weighted by Crippen LogP contribution is 2.36. The number of aliphatic hydroxyl groups excluding tert-OH is 1. The number of fused-ring (bicyclic) bond motifs is 1. The molecule has 1 N–H and O–H groups in total. The van der Waals surface area contributed by atoms with Crippen LogP contribution in [0.5, 0.6) is 0 Å². The van der Waals surface area contributed by atoms with Crippen LogP contribution in [0.25, 0.3) is 0 Å². The van der Waals surface area contributed by atoms with Gasteiger partial charge in [-0.05, 0) is 31.4 Å². The summed E-state index contributed by atoms with van der Waals surface area (Å²) in [6, 6.07) is 0. The van der Waals surface area contributed by atoms with Crippen molar-refractivity contribution in [2.24, 2.45) is 5.92 Å². The number of carbonyl (C=O) groups is 3. The SMILES string of the molecule is C=C(CO)C(=O)O[C@H]1/C=C(/C=O)CC/C=C(/C)C[C@H]2OC(=O)C(=C)[C@H]12. The van der Waals surface area contributed by atoms with Crippen LogP contribution in [0.1, 0.15) is 26.2 Å². The Kier molecular flexibility index (Phi) is 6.09. The van der Waals surface area contributed by atoms with E-state index in [2.05, 4.69) is 13.2 Å². The molecular weight excluding hydrogens is 324 g/mol. The lowest BCUT2D eigenvalue weighted by Gasteiger charge is -2.26. The highest BCUT2D eigenvalue weighted by Gasteiger charge is 2.44. The van der Waals surface area contributed by atoms with Crippen LogP contribution in [0.15, 0.2) is 47.6 Å². The van der Waals surface area contributed by atoms with Crippen LogP contribution in [-0.4, -0.2) is 42.1 Å². The standard InChI is InChI=1S/C19H22O6/c1-11-5-4-6-14(10-21)8-16(24-18(22)12(2)9-20)17-13(3)19(23)25-15(17)7-11/h5,8,10,15-17,20H,2-4,6-7,9H2,1H3/b11-5-,14-8+/t15-,16+,17+/m1/s1. The number of aldehydes is 1. The van der Waals surface area contributed by atoms with Gasteiger partial charge in [0.15, 0.2) is 0 Å². The van der Waals surface area contributed by atoms with Crippen LogP contribution < -0.4 is 0 Å². The second kappa shape index (κ2) is 8.07. The fraction of sp³-hybridized carbons (Fsp3) is 0.421. The number of rotatable bonds is 4. The molecule has 0 bridgehead atoms. The quantitative estimate of drug-likeness (QED) is 0.361. The molecule has 0 aromatic carbocycles. The smallest absolute Gasteiger partial charge is 0.336 e. The first-order valence-electron chi connectivity index (χ1n) is 8.08. The molecule has 0 unspecified atom stereocenters. The molecule has 3 atom stereocenters. The van der Waals surface area contributed by atoms with Crippen molar-refractivity contribution in [2.75, 3.05) is 6.61 Å². The van der Waals surface area contributed by atoms with E-state index in [4.69, 9.17) is 14.6 Å². The molecule has 6 heteroatoms. The molecule has 25 heavy (non-hydrogen) atoms. The van der Waals surface area contributed by atoms with Gasteiger partial charge in [0.1, 0.15) is 18.5 Å². The number of aliphatic hydroxyl groups is 1. The van der Waals surface area contributed by atoms with Crippen LogP contribution in [0.4, 0.5) is 0 Å². The van der Waals surface area contributed by atoms with E-state index in [1.165, 1.54) is 6.08 Å². The Hall–Kier alpha value is -2.47. The van der Waals surface area contributed by atoms with E-state index in [-0.39, 0.29) is 11.1 Å². The monoisotopic (exact) mass is 346 g/mol. The summed E-state index contributed by atoms with van der Waals surface area (Å²) in [6.45, 7) is 8.59. The second-order valence-electron chi connectivity index (χ2n) is 6.28. The summed E-state index contributed by atoms with van der Waals surface area (Å²) in [6.07, 6.45) is 4.47. The van der Waals surface area contributed by atoms with Crippen LogP contribution in [0.2, 0.25) is 0 Å². The average molecular weight is 346 g/mol. The van der Waals surface area contributed by atoms with Crippen LogP contribution in [0, 0.1) is 5.92 Å². The number of hydrogen-bond acceptors (Lipinski definition) is 6. The molecule has 1 heterocycles. The summed E-state index contributed by atoms with van der Waals surface area (Å²) in [5.41, 5.74) is 1.58. The van der Waals surface area contributed by atoms with Crippen molar-refractivity contribution in [3.8, 4) is 0 Å². The van der Waals surface area contributed by atoms with Crippen molar-refractivity contribution in [1.29, 1.82) is 0 Å². The van der Waals surface area contributed by atoms with Crippen LogP contribution in [-0.2, 0) is 23.9 Å². The lowest BCUT2D eigenvalue weighted by atomic mass is 9.85. The largest absolute Gasteiger partial charge is 0.458 e.